The smallest absolute Gasteiger partial charge is 0.143 e. The third-order valence-electron chi connectivity index (χ3n) is 3.12. The van der Waals surface area contributed by atoms with Gasteiger partial charge in [-0.3, -0.25) is 0 Å². The highest BCUT2D eigenvalue weighted by Crippen LogP contribution is 2.34. The van der Waals surface area contributed by atoms with Gasteiger partial charge in [-0.05, 0) is 24.1 Å². The molecule has 0 saturated carbocycles. The van der Waals surface area contributed by atoms with Crippen LogP contribution in [0.15, 0.2) is 30.9 Å². The van der Waals surface area contributed by atoms with Crippen LogP contribution in [0.5, 0.6) is 5.75 Å². The van der Waals surface area contributed by atoms with Gasteiger partial charge in [0.1, 0.15) is 11.9 Å². The van der Waals surface area contributed by atoms with E-state index in [4.69, 9.17) is 10.5 Å². The Morgan fingerprint density at radius 2 is 2.41 bits per heavy atom. The molecule has 0 bridgehead atoms. The van der Waals surface area contributed by atoms with Crippen LogP contribution in [-0.2, 0) is 6.54 Å². The normalized spacial score (nSPS) is 18.5. The Labute approximate surface area is 103 Å². The van der Waals surface area contributed by atoms with E-state index >= 15 is 0 Å². The number of benzene rings is 1. The molecule has 0 aromatic heterocycles. The van der Waals surface area contributed by atoms with Crippen molar-refractivity contribution in [3.63, 3.8) is 0 Å². The number of fused-ring (bicyclic) bond motifs is 1. The number of nitrogens with zero attached hydrogens (tertiary/aromatic N) is 1. The van der Waals surface area contributed by atoms with E-state index in [1.807, 2.05) is 12.1 Å². The van der Waals surface area contributed by atoms with Crippen LogP contribution < -0.4 is 15.4 Å². The van der Waals surface area contributed by atoms with Gasteiger partial charge in [0.15, 0.2) is 0 Å². The minimum Gasteiger partial charge on any atom is -0.486 e. The van der Waals surface area contributed by atoms with Gasteiger partial charge in [-0.1, -0.05) is 19.1 Å². The first-order valence-corrected chi connectivity index (χ1v) is 6.14. The van der Waals surface area contributed by atoms with Crippen molar-refractivity contribution in [2.45, 2.75) is 26.0 Å². The Balaban J connectivity index is 2.33. The fourth-order valence-electron chi connectivity index (χ4n) is 2.14. The zero-order valence-corrected chi connectivity index (χ0v) is 10.4. The number of hydrogen-bond donors (Lipinski definition) is 1. The van der Waals surface area contributed by atoms with E-state index in [1.165, 1.54) is 0 Å². The first-order chi connectivity index (χ1) is 8.28. The van der Waals surface area contributed by atoms with Crippen molar-refractivity contribution >= 4 is 5.69 Å². The van der Waals surface area contributed by atoms with Gasteiger partial charge in [-0.2, -0.15) is 0 Å². The number of nitrogens with two attached hydrogens (primary N) is 1. The van der Waals surface area contributed by atoms with Crippen LogP contribution in [-0.4, -0.2) is 19.2 Å². The van der Waals surface area contributed by atoms with Gasteiger partial charge in [-0.25, -0.2) is 0 Å². The quantitative estimate of drug-likeness (QED) is 0.810. The van der Waals surface area contributed by atoms with Crippen molar-refractivity contribution in [3.8, 4) is 5.75 Å². The van der Waals surface area contributed by atoms with E-state index in [0.29, 0.717) is 6.54 Å². The summed E-state index contributed by atoms with van der Waals surface area (Å²) in [5.74, 6) is 0.952. The van der Waals surface area contributed by atoms with Crippen LogP contribution in [0.1, 0.15) is 18.9 Å². The molecule has 3 heteroatoms. The topological polar surface area (TPSA) is 38.5 Å². The van der Waals surface area contributed by atoms with Crippen molar-refractivity contribution in [3.05, 3.63) is 36.4 Å². The molecular formula is C14H20N2O. The van der Waals surface area contributed by atoms with Crippen molar-refractivity contribution in [1.29, 1.82) is 0 Å². The summed E-state index contributed by atoms with van der Waals surface area (Å²) >= 11 is 0. The maximum absolute atomic E-state index is 5.97. The second-order valence-corrected chi connectivity index (χ2v) is 4.35. The highest BCUT2D eigenvalue weighted by molar-refractivity contribution is 5.61. The largest absolute Gasteiger partial charge is 0.486 e. The minimum absolute atomic E-state index is 0.260. The first-order valence-electron chi connectivity index (χ1n) is 6.14. The van der Waals surface area contributed by atoms with Crippen molar-refractivity contribution in [2.75, 3.05) is 18.0 Å². The van der Waals surface area contributed by atoms with Crippen LogP contribution >= 0.6 is 0 Å². The van der Waals surface area contributed by atoms with E-state index < -0.39 is 0 Å². The summed E-state index contributed by atoms with van der Waals surface area (Å²) in [5.41, 5.74) is 7.91. The molecule has 17 heavy (non-hydrogen) atoms. The standard InChI is InChI=1S/C14H20N2O/c1-3-7-16-10-12(4-2)17-14-8-11(9-15)5-6-13(14)16/h3,5-6,8,12H,1,4,7,9-10,15H2,2H3. The van der Waals surface area contributed by atoms with Crippen molar-refractivity contribution < 1.29 is 4.74 Å². The van der Waals surface area contributed by atoms with Gasteiger partial charge in [0.2, 0.25) is 0 Å². The average molecular weight is 232 g/mol. The molecule has 1 aromatic rings. The summed E-state index contributed by atoms with van der Waals surface area (Å²) in [6, 6.07) is 6.20. The van der Waals surface area contributed by atoms with E-state index in [-0.39, 0.29) is 6.10 Å². The number of anilines is 1. The van der Waals surface area contributed by atoms with Crippen molar-refractivity contribution in [2.24, 2.45) is 5.73 Å². The molecule has 1 heterocycles. The third kappa shape index (κ3) is 2.44. The van der Waals surface area contributed by atoms with Gasteiger partial charge < -0.3 is 15.4 Å². The summed E-state index contributed by atoms with van der Waals surface area (Å²) in [4.78, 5) is 2.31. The summed E-state index contributed by atoms with van der Waals surface area (Å²) in [6.45, 7) is 8.29. The summed E-state index contributed by atoms with van der Waals surface area (Å²) in [5, 5.41) is 0. The Morgan fingerprint density at radius 1 is 1.59 bits per heavy atom. The molecule has 0 spiro atoms. The maximum Gasteiger partial charge on any atom is 0.143 e. The fraction of sp³-hybridized carbons (Fsp3) is 0.429. The average Bonchev–Trinajstić information content (AvgIpc) is 2.38. The fourth-order valence-corrected chi connectivity index (χ4v) is 2.14. The molecule has 0 aliphatic carbocycles. The van der Waals surface area contributed by atoms with Crippen molar-refractivity contribution in [1.82, 2.24) is 0 Å². The maximum atomic E-state index is 5.97. The molecule has 92 valence electrons. The summed E-state index contributed by atoms with van der Waals surface area (Å²) in [7, 11) is 0. The molecule has 1 aliphatic rings. The predicted octanol–water partition coefficient (Wildman–Crippen LogP) is 2.31. The van der Waals surface area contributed by atoms with E-state index in [0.717, 1.165) is 36.5 Å². The highest BCUT2D eigenvalue weighted by atomic mass is 16.5. The lowest BCUT2D eigenvalue weighted by Gasteiger charge is -2.35. The van der Waals surface area contributed by atoms with E-state index in [9.17, 15) is 0 Å². The molecule has 0 saturated heterocycles. The van der Waals surface area contributed by atoms with Crippen LogP contribution in [0, 0.1) is 0 Å². The zero-order valence-electron chi connectivity index (χ0n) is 10.4. The number of hydrogen-bond acceptors (Lipinski definition) is 3. The SMILES string of the molecule is C=CCN1CC(CC)Oc2cc(CN)ccc21. The molecule has 2 N–H and O–H groups in total. The van der Waals surface area contributed by atoms with E-state index in [2.05, 4.69) is 30.5 Å². The van der Waals surface area contributed by atoms with Gasteiger partial charge in [0.25, 0.3) is 0 Å². The van der Waals surface area contributed by atoms with Gasteiger partial charge >= 0.3 is 0 Å². The first kappa shape index (κ1) is 12.0. The molecule has 0 amide bonds. The predicted molar refractivity (Wildman–Crippen MR) is 71.5 cm³/mol. The second-order valence-electron chi connectivity index (χ2n) is 4.35. The highest BCUT2D eigenvalue weighted by Gasteiger charge is 2.23. The lowest BCUT2D eigenvalue weighted by Crippen LogP contribution is -2.39. The Hall–Kier alpha value is -1.48. The number of rotatable bonds is 4. The van der Waals surface area contributed by atoms with Crippen LogP contribution in [0.25, 0.3) is 0 Å². The van der Waals surface area contributed by atoms with Gasteiger partial charge in [-0.15, -0.1) is 6.58 Å². The Bertz CT molecular complexity index is 403. The second kappa shape index (κ2) is 5.23. The molecule has 1 atom stereocenters. The van der Waals surface area contributed by atoms with Gasteiger partial charge in [0.05, 0.1) is 12.2 Å². The summed E-state index contributed by atoms with van der Waals surface area (Å²) < 4.78 is 5.97. The minimum atomic E-state index is 0.260. The van der Waals surface area contributed by atoms with E-state index in [1.54, 1.807) is 0 Å². The molecule has 0 radical (unpaired) electrons. The third-order valence-corrected chi connectivity index (χ3v) is 3.12. The molecular weight excluding hydrogens is 212 g/mol. The van der Waals surface area contributed by atoms with Gasteiger partial charge in [0, 0.05) is 13.1 Å². The Kier molecular flexibility index (Phi) is 3.69. The molecule has 1 unspecified atom stereocenters. The van der Waals surface area contributed by atoms with Crippen LogP contribution in [0.2, 0.25) is 0 Å². The molecule has 2 rings (SSSR count). The molecule has 1 aliphatic heterocycles. The molecule has 0 fully saturated rings. The lowest BCUT2D eigenvalue weighted by atomic mass is 10.1. The Morgan fingerprint density at radius 3 is 3.06 bits per heavy atom. The zero-order chi connectivity index (χ0) is 12.3. The monoisotopic (exact) mass is 232 g/mol. The summed E-state index contributed by atoms with van der Waals surface area (Å²) in [6.07, 6.45) is 3.20. The molecule has 3 nitrogen and oxygen atoms in total. The molecule has 1 aromatic carbocycles. The number of ether oxygens (including phenoxy) is 1. The lowest BCUT2D eigenvalue weighted by molar-refractivity contribution is 0.190. The van der Waals surface area contributed by atoms with Crippen LogP contribution in [0.4, 0.5) is 5.69 Å². The van der Waals surface area contributed by atoms with Crippen LogP contribution in [0.3, 0.4) is 0 Å².